The maximum Gasteiger partial charge on any atom is 0.0299 e. The van der Waals surface area contributed by atoms with Crippen molar-refractivity contribution in [2.75, 3.05) is 0 Å². The van der Waals surface area contributed by atoms with Crippen molar-refractivity contribution in [3.63, 3.8) is 0 Å². The van der Waals surface area contributed by atoms with Crippen LogP contribution in [0.2, 0.25) is 0 Å². The minimum atomic E-state index is 0.164. The van der Waals surface area contributed by atoms with E-state index in [1.165, 1.54) is 11.1 Å². The second-order valence-corrected chi connectivity index (χ2v) is 7.24. The Labute approximate surface area is 112 Å². The van der Waals surface area contributed by atoms with Gasteiger partial charge in [-0.1, -0.05) is 65.8 Å². The molecule has 0 fully saturated rings. The lowest BCUT2D eigenvalue weighted by molar-refractivity contribution is 0.269. The zero-order valence-electron chi connectivity index (χ0n) is 12.7. The summed E-state index contributed by atoms with van der Waals surface area (Å²) in [6.07, 6.45) is 0.963. The van der Waals surface area contributed by atoms with Crippen LogP contribution in [0.1, 0.15) is 52.7 Å². The predicted molar refractivity (Wildman–Crippen MR) is 79.4 cm³/mol. The van der Waals surface area contributed by atoms with Crippen molar-refractivity contribution in [2.45, 2.75) is 59.4 Å². The average Bonchev–Trinajstić information content (AvgIpc) is 2.23. The predicted octanol–water partition coefficient (Wildman–Crippen LogP) is 3.40. The number of hydrogen-bond donors (Lipinski definition) is 2. The first-order chi connectivity index (χ1) is 8.14. The van der Waals surface area contributed by atoms with Gasteiger partial charge in [-0.2, -0.15) is 0 Å². The molecule has 0 amide bonds. The Morgan fingerprint density at radius 2 is 1.50 bits per heavy atom. The van der Waals surface area contributed by atoms with Crippen LogP contribution in [0.5, 0.6) is 0 Å². The van der Waals surface area contributed by atoms with Crippen LogP contribution in [0, 0.1) is 5.41 Å². The van der Waals surface area contributed by atoms with Gasteiger partial charge in [0.1, 0.15) is 0 Å². The molecule has 0 radical (unpaired) electrons. The van der Waals surface area contributed by atoms with Gasteiger partial charge in [-0.05, 0) is 28.4 Å². The number of nitrogens with one attached hydrogen (secondary N) is 1. The second kappa shape index (κ2) is 5.41. The van der Waals surface area contributed by atoms with E-state index in [1.54, 1.807) is 0 Å². The van der Waals surface area contributed by atoms with Gasteiger partial charge in [0.25, 0.3) is 0 Å². The third-order valence-electron chi connectivity index (χ3n) is 3.51. The van der Waals surface area contributed by atoms with Gasteiger partial charge in [0.15, 0.2) is 0 Å². The molecule has 0 saturated carbocycles. The van der Waals surface area contributed by atoms with E-state index in [-0.39, 0.29) is 16.9 Å². The van der Waals surface area contributed by atoms with Crippen LogP contribution in [0.25, 0.3) is 0 Å². The Morgan fingerprint density at radius 3 is 1.83 bits per heavy atom. The lowest BCUT2D eigenvalue weighted by Gasteiger charge is -2.30. The molecule has 1 aromatic rings. The molecule has 0 saturated heterocycles. The van der Waals surface area contributed by atoms with Crippen molar-refractivity contribution in [1.29, 1.82) is 0 Å². The summed E-state index contributed by atoms with van der Waals surface area (Å²) in [5.41, 5.74) is 6.02. The molecule has 0 aromatic heterocycles. The third-order valence-corrected chi connectivity index (χ3v) is 3.51. The molecular formula is C16H28N2. The molecule has 102 valence electrons. The van der Waals surface area contributed by atoms with Crippen LogP contribution in [0.15, 0.2) is 24.3 Å². The maximum absolute atomic E-state index is 5.66. The van der Waals surface area contributed by atoms with Gasteiger partial charge >= 0.3 is 0 Å². The first kappa shape index (κ1) is 15.2. The average molecular weight is 248 g/mol. The summed E-state index contributed by atoms with van der Waals surface area (Å²) in [7, 11) is 0. The lowest BCUT2D eigenvalue weighted by Crippen LogP contribution is -2.45. The molecule has 1 rings (SSSR count). The van der Waals surface area contributed by atoms with Crippen molar-refractivity contribution >= 4 is 0 Å². The molecule has 0 aliphatic rings. The molecular weight excluding hydrogens is 220 g/mol. The first-order valence-corrected chi connectivity index (χ1v) is 6.70. The SMILES string of the molecule is CC(C)(C)c1ccc(CC(NN)C(C)(C)C)cc1. The fourth-order valence-corrected chi connectivity index (χ4v) is 1.99. The second-order valence-electron chi connectivity index (χ2n) is 7.24. The van der Waals surface area contributed by atoms with Crippen LogP contribution in [-0.4, -0.2) is 6.04 Å². The molecule has 1 atom stereocenters. The quantitative estimate of drug-likeness (QED) is 0.635. The maximum atomic E-state index is 5.66. The summed E-state index contributed by atoms with van der Waals surface area (Å²) in [5.74, 6) is 5.66. The molecule has 2 heteroatoms. The lowest BCUT2D eigenvalue weighted by atomic mass is 9.82. The number of nitrogens with two attached hydrogens (primary N) is 1. The normalized spacial score (nSPS) is 14.6. The Morgan fingerprint density at radius 1 is 1.00 bits per heavy atom. The standard InChI is InChI=1S/C16H28N2/c1-15(2,3)13-9-7-12(8-10-13)11-14(18-17)16(4,5)6/h7-10,14,18H,11,17H2,1-6H3. The molecule has 0 aliphatic heterocycles. The van der Waals surface area contributed by atoms with E-state index in [4.69, 9.17) is 5.84 Å². The summed E-state index contributed by atoms with van der Waals surface area (Å²) in [6, 6.07) is 9.18. The molecule has 2 nitrogen and oxygen atoms in total. The summed E-state index contributed by atoms with van der Waals surface area (Å²) in [6.45, 7) is 13.3. The number of hydrazine groups is 1. The van der Waals surface area contributed by atoms with E-state index in [9.17, 15) is 0 Å². The molecule has 18 heavy (non-hydrogen) atoms. The van der Waals surface area contributed by atoms with Gasteiger partial charge in [0.05, 0.1) is 0 Å². The van der Waals surface area contributed by atoms with E-state index >= 15 is 0 Å². The smallest absolute Gasteiger partial charge is 0.0299 e. The minimum absolute atomic E-state index is 0.164. The van der Waals surface area contributed by atoms with Crippen LogP contribution in [-0.2, 0) is 11.8 Å². The van der Waals surface area contributed by atoms with Crippen molar-refractivity contribution in [3.05, 3.63) is 35.4 Å². The van der Waals surface area contributed by atoms with E-state index in [0.717, 1.165) is 6.42 Å². The van der Waals surface area contributed by atoms with E-state index in [1.807, 2.05) is 0 Å². The van der Waals surface area contributed by atoms with Gasteiger partial charge in [-0.3, -0.25) is 11.3 Å². The van der Waals surface area contributed by atoms with Crippen LogP contribution in [0.4, 0.5) is 0 Å². The fraction of sp³-hybridized carbons (Fsp3) is 0.625. The highest BCUT2D eigenvalue weighted by Crippen LogP contribution is 2.25. The Hall–Kier alpha value is -0.860. The van der Waals surface area contributed by atoms with E-state index in [0.29, 0.717) is 0 Å². The van der Waals surface area contributed by atoms with Gasteiger partial charge in [0, 0.05) is 6.04 Å². The van der Waals surface area contributed by atoms with Gasteiger partial charge in [0.2, 0.25) is 0 Å². The molecule has 0 aliphatic carbocycles. The van der Waals surface area contributed by atoms with Gasteiger partial charge < -0.3 is 0 Å². The highest BCUT2D eigenvalue weighted by molar-refractivity contribution is 5.28. The fourth-order valence-electron chi connectivity index (χ4n) is 1.99. The minimum Gasteiger partial charge on any atom is -0.271 e. The first-order valence-electron chi connectivity index (χ1n) is 6.70. The van der Waals surface area contributed by atoms with E-state index in [2.05, 4.69) is 71.2 Å². The summed E-state index contributed by atoms with van der Waals surface area (Å²) in [4.78, 5) is 0. The number of hydrogen-bond acceptors (Lipinski definition) is 2. The monoisotopic (exact) mass is 248 g/mol. The summed E-state index contributed by atoms with van der Waals surface area (Å²) >= 11 is 0. The number of rotatable bonds is 3. The highest BCUT2D eigenvalue weighted by Gasteiger charge is 2.23. The van der Waals surface area contributed by atoms with Crippen LogP contribution in [0.3, 0.4) is 0 Å². The largest absolute Gasteiger partial charge is 0.271 e. The Balaban J connectivity index is 2.81. The van der Waals surface area contributed by atoms with Crippen LogP contribution < -0.4 is 11.3 Å². The molecule has 0 heterocycles. The summed E-state index contributed by atoms with van der Waals surface area (Å²) in [5, 5.41) is 0. The topological polar surface area (TPSA) is 38.0 Å². The highest BCUT2D eigenvalue weighted by atomic mass is 15.2. The van der Waals surface area contributed by atoms with Gasteiger partial charge in [-0.25, -0.2) is 0 Å². The van der Waals surface area contributed by atoms with Gasteiger partial charge in [-0.15, -0.1) is 0 Å². The molecule has 1 aromatic carbocycles. The van der Waals surface area contributed by atoms with Crippen molar-refractivity contribution in [2.24, 2.45) is 11.3 Å². The van der Waals surface area contributed by atoms with Crippen molar-refractivity contribution < 1.29 is 0 Å². The Kier molecular flexibility index (Phi) is 4.57. The van der Waals surface area contributed by atoms with Crippen molar-refractivity contribution in [3.8, 4) is 0 Å². The van der Waals surface area contributed by atoms with Crippen LogP contribution >= 0.6 is 0 Å². The summed E-state index contributed by atoms with van der Waals surface area (Å²) < 4.78 is 0. The van der Waals surface area contributed by atoms with Crippen molar-refractivity contribution in [1.82, 2.24) is 5.43 Å². The number of benzene rings is 1. The Bertz CT molecular complexity index is 366. The molecule has 0 spiro atoms. The van der Waals surface area contributed by atoms with E-state index < -0.39 is 0 Å². The molecule has 3 N–H and O–H groups in total. The zero-order valence-corrected chi connectivity index (χ0v) is 12.7. The molecule has 1 unspecified atom stereocenters. The molecule has 0 bridgehead atoms. The zero-order chi connectivity index (χ0) is 14.0. The third kappa shape index (κ3) is 4.11.